The van der Waals surface area contributed by atoms with Crippen molar-refractivity contribution >= 4 is 71.6 Å². The molecule has 0 saturated carbocycles. The third-order valence-electron chi connectivity index (χ3n) is 13.4. The summed E-state index contributed by atoms with van der Waals surface area (Å²) in [6.07, 6.45) is 0. The van der Waals surface area contributed by atoms with Gasteiger partial charge in [-0.1, -0.05) is 182 Å². The molecule has 0 fully saturated rings. The molecule has 2 aromatic heterocycles. The summed E-state index contributed by atoms with van der Waals surface area (Å²) >= 11 is 0. The lowest BCUT2D eigenvalue weighted by Crippen LogP contribution is -2.11. The van der Waals surface area contributed by atoms with Crippen LogP contribution in [0.3, 0.4) is 0 Å². The van der Waals surface area contributed by atoms with E-state index in [1.807, 2.05) is 6.07 Å². The number of anilines is 3. The van der Waals surface area contributed by atoms with Crippen LogP contribution in [-0.2, 0) is 0 Å². The van der Waals surface area contributed by atoms with Crippen LogP contribution in [0.4, 0.5) is 17.1 Å². The van der Waals surface area contributed by atoms with Crippen LogP contribution in [0.25, 0.3) is 105 Å². The highest BCUT2D eigenvalue weighted by molar-refractivity contribution is 6.13. The predicted molar refractivity (Wildman–Crippen MR) is 282 cm³/mol. The fourth-order valence-corrected chi connectivity index (χ4v) is 10.4. The molecule has 0 aliphatic heterocycles. The van der Waals surface area contributed by atoms with Crippen molar-refractivity contribution in [3.8, 4) is 50.2 Å². The van der Waals surface area contributed by atoms with Gasteiger partial charge in [0.2, 0.25) is 0 Å². The first-order valence-electron chi connectivity index (χ1n) is 22.9. The lowest BCUT2D eigenvalue weighted by molar-refractivity contribution is 0.669. The highest BCUT2D eigenvalue weighted by atomic mass is 16.3. The third-order valence-corrected chi connectivity index (χ3v) is 13.4. The molecule has 0 spiro atoms. The van der Waals surface area contributed by atoms with Gasteiger partial charge in [0.05, 0.1) is 16.7 Å². The summed E-state index contributed by atoms with van der Waals surface area (Å²) in [6, 6.07) is 92.0. The summed E-state index contributed by atoms with van der Waals surface area (Å²) < 4.78 is 8.74. The van der Waals surface area contributed by atoms with E-state index in [1.165, 1.54) is 54.8 Å². The van der Waals surface area contributed by atoms with Crippen molar-refractivity contribution in [1.82, 2.24) is 4.57 Å². The van der Waals surface area contributed by atoms with E-state index in [2.05, 4.69) is 258 Å². The number of nitrogens with zero attached hydrogens (tertiary/aromatic N) is 2. The van der Waals surface area contributed by atoms with E-state index in [0.717, 1.165) is 66.9 Å². The Bertz CT molecular complexity index is 3970. The molecule has 0 unspecified atom stereocenters. The molecule has 0 N–H and O–H groups in total. The van der Waals surface area contributed by atoms with Gasteiger partial charge in [-0.05, 0) is 123 Å². The molecule has 11 aromatic carbocycles. The van der Waals surface area contributed by atoms with Gasteiger partial charge in [0.15, 0.2) is 0 Å². The van der Waals surface area contributed by atoms with Gasteiger partial charge in [-0.15, -0.1) is 0 Å². The van der Waals surface area contributed by atoms with Crippen molar-refractivity contribution < 1.29 is 4.42 Å². The largest absolute Gasteiger partial charge is 0.456 e. The van der Waals surface area contributed by atoms with Crippen LogP contribution in [0.1, 0.15) is 0 Å². The van der Waals surface area contributed by atoms with Crippen LogP contribution in [0, 0.1) is 0 Å². The van der Waals surface area contributed by atoms with E-state index in [-0.39, 0.29) is 0 Å². The first-order valence-corrected chi connectivity index (χ1v) is 22.9. The molecule has 0 saturated heterocycles. The molecule has 2 heterocycles. The molecule has 0 atom stereocenters. The summed E-state index contributed by atoms with van der Waals surface area (Å²) in [5, 5.41) is 7.15. The minimum Gasteiger partial charge on any atom is -0.456 e. The van der Waals surface area contributed by atoms with Crippen LogP contribution >= 0.6 is 0 Å². The lowest BCUT2D eigenvalue weighted by atomic mass is 9.90. The van der Waals surface area contributed by atoms with Crippen molar-refractivity contribution in [2.24, 2.45) is 0 Å². The fraction of sp³-hybridized carbons (Fsp3) is 0. The number of para-hydroxylation sites is 4. The molecule has 13 aromatic rings. The number of rotatable bonds is 8. The Morgan fingerprint density at radius 3 is 1.75 bits per heavy atom. The standard InChI is InChI=1S/C64H42N2O/c1-3-17-44(18-4-1)51-28-14-19-45-20-15-30-55(63(45)51)53-25-7-10-31-58(53)65(50-24-13-21-47(41-50)52-29-16-34-62-64(52)56-27-9-12-33-61(56)67-62)49-38-35-43(36-39-49)46-37-40-60-57(42-46)54-26-8-11-32-59(54)66(60)48-22-5-2-6-23-48/h1-42H. The smallest absolute Gasteiger partial charge is 0.136 e. The van der Waals surface area contributed by atoms with Gasteiger partial charge in [0, 0.05) is 44.2 Å². The van der Waals surface area contributed by atoms with Gasteiger partial charge in [-0.3, -0.25) is 0 Å². The Hall–Kier alpha value is -8.92. The Balaban J connectivity index is 0.989. The van der Waals surface area contributed by atoms with E-state index in [9.17, 15) is 0 Å². The zero-order chi connectivity index (χ0) is 44.3. The maximum Gasteiger partial charge on any atom is 0.136 e. The van der Waals surface area contributed by atoms with Crippen LogP contribution < -0.4 is 4.90 Å². The molecule has 0 aliphatic rings. The molecule has 0 aliphatic carbocycles. The Morgan fingerprint density at radius 2 is 0.910 bits per heavy atom. The van der Waals surface area contributed by atoms with Crippen molar-refractivity contribution in [3.63, 3.8) is 0 Å². The molecular formula is C64H42N2O. The minimum atomic E-state index is 0.884. The van der Waals surface area contributed by atoms with Crippen LogP contribution in [0.5, 0.6) is 0 Å². The van der Waals surface area contributed by atoms with Crippen LogP contribution in [-0.4, -0.2) is 4.57 Å². The highest BCUT2D eigenvalue weighted by Gasteiger charge is 2.22. The van der Waals surface area contributed by atoms with Gasteiger partial charge in [0.1, 0.15) is 11.2 Å². The maximum absolute atomic E-state index is 6.37. The Labute approximate surface area is 388 Å². The van der Waals surface area contributed by atoms with E-state index in [4.69, 9.17) is 4.42 Å². The van der Waals surface area contributed by atoms with Crippen LogP contribution in [0.2, 0.25) is 0 Å². The van der Waals surface area contributed by atoms with E-state index < -0.39 is 0 Å². The molecule has 3 nitrogen and oxygen atoms in total. The van der Waals surface area contributed by atoms with Crippen molar-refractivity contribution in [3.05, 3.63) is 255 Å². The second-order valence-electron chi connectivity index (χ2n) is 17.2. The molecule has 67 heavy (non-hydrogen) atoms. The van der Waals surface area contributed by atoms with Crippen LogP contribution in [0.15, 0.2) is 259 Å². The predicted octanol–water partition coefficient (Wildman–Crippen LogP) is 18.0. The third kappa shape index (κ3) is 6.51. The average molecular weight is 855 g/mol. The van der Waals surface area contributed by atoms with Gasteiger partial charge in [-0.2, -0.15) is 0 Å². The lowest BCUT2D eigenvalue weighted by Gasteiger charge is -2.29. The zero-order valence-corrected chi connectivity index (χ0v) is 36.6. The normalized spacial score (nSPS) is 11.6. The van der Waals surface area contributed by atoms with Gasteiger partial charge in [0.25, 0.3) is 0 Å². The van der Waals surface area contributed by atoms with E-state index in [1.54, 1.807) is 0 Å². The summed E-state index contributed by atoms with van der Waals surface area (Å²) in [5.74, 6) is 0. The number of aromatic nitrogens is 1. The molecule has 0 radical (unpaired) electrons. The first kappa shape index (κ1) is 38.5. The quantitative estimate of drug-likeness (QED) is 0.152. The zero-order valence-electron chi connectivity index (χ0n) is 36.6. The summed E-state index contributed by atoms with van der Waals surface area (Å²) in [5.41, 5.74) is 17.9. The summed E-state index contributed by atoms with van der Waals surface area (Å²) in [4.78, 5) is 2.43. The monoisotopic (exact) mass is 854 g/mol. The van der Waals surface area contributed by atoms with Crippen molar-refractivity contribution in [2.45, 2.75) is 0 Å². The minimum absolute atomic E-state index is 0.884. The second-order valence-corrected chi connectivity index (χ2v) is 17.2. The SMILES string of the molecule is c1ccc(-c2cccc3cccc(-c4ccccc4N(c4ccc(-c5ccc6c(c5)c5ccccc5n6-c5ccccc5)cc4)c4cccc(-c5cccc6oc7ccccc7c56)c4)c23)cc1. The number of hydrogen-bond donors (Lipinski definition) is 0. The van der Waals surface area contributed by atoms with E-state index >= 15 is 0 Å². The van der Waals surface area contributed by atoms with Crippen molar-refractivity contribution in [2.75, 3.05) is 4.90 Å². The summed E-state index contributed by atoms with van der Waals surface area (Å²) in [6.45, 7) is 0. The molecule has 314 valence electrons. The number of hydrogen-bond acceptors (Lipinski definition) is 2. The molecule has 13 rings (SSSR count). The first-order chi connectivity index (χ1) is 33.2. The van der Waals surface area contributed by atoms with E-state index in [0.29, 0.717) is 0 Å². The molecule has 0 bridgehead atoms. The molecule has 0 amide bonds. The van der Waals surface area contributed by atoms with Gasteiger partial charge >= 0.3 is 0 Å². The maximum atomic E-state index is 6.37. The Kier molecular flexibility index (Phi) is 9.17. The summed E-state index contributed by atoms with van der Waals surface area (Å²) in [7, 11) is 0. The second kappa shape index (κ2) is 16.0. The highest BCUT2D eigenvalue weighted by Crippen LogP contribution is 2.47. The van der Waals surface area contributed by atoms with Gasteiger partial charge < -0.3 is 13.9 Å². The fourth-order valence-electron chi connectivity index (χ4n) is 10.4. The van der Waals surface area contributed by atoms with Crippen molar-refractivity contribution in [1.29, 1.82) is 0 Å². The van der Waals surface area contributed by atoms with Gasteiger partial charge in [-0.25, -0.2) is 0 Å². The average Bonchev–Trinajstić information content (AvgIpc) is 3.95. The number of benzene rings is 11. The molecular weight excluding hydrogens is 813 g/mol. The Morgan fingerprint density at radius 1 is 0.313 bits per heavy atom. The molecule has 3 heteroatoms. The topological polar surface area (TPSA) is 21.3 Å². The number of fused-ring (bicyclic) bond motifs is 7. The number of furan rings is 1.